The Morgan fingerprint density at radius 3 is 2.25 bits per heavy atom. The van der Waals surface area contributed by atoms with E-state index < -0.39 is 11.2 Å². The first-order valence-electron chi connectivity index (χ1n) is 9.18. The fourth-order valence-electron chi connectivity index (χ4n) is 3.15. The maximum Gasteiger partial charge on any atom is 0.366 e. The molecule has 0 radical (unpaired) electrons. The lowest BCUT2D eigenvalue weighted by Crippen LogP contribution is -2.42. The first kappa shape index (κ1) is 19.6. The standard InChI is InChI=1S/C22H24N2O4/c1-15(2)19-20(18-11-9-16(3)10-12-18)23(22(26)24(27)21(19)25)14-28-13-17-7-5-4-6-8-17/h4-12,15,27H,13-14H2,1-3H3. The molecule has 6 heteroatoms. The molecule has 0 aliphatic heterocycles. The van der Waals surface area contributed by atoms with Crippen LogP contribution in [0.4, 0.5) is 0 Å². The molecule has 0 saturated carbocycles. The van der Waals surface area contributed by atoms with Gasteiger partial charge in [0.15, 0.2) is 0 Å². The van der Waals surface area contributed by atoms with Crippen LogP contribution in [0.3, 0.4) is 0 Å². The zero-order valence-electron chi connectivity index (χ0n) is 16.3. The van der Waals surface area contributed by atoms with E-state index in [0.717, 1.165) is 16.7 Å². The van der Waals surface area contributed by atoms with Crippen molar-refractivity contribution in [1.29, 1.82) is 0 Å². The molecule has 1 heterocycles. The van der Waals surface area contributed by atoms with Crippen LogP contribution in [0.25, 0.3) is 11.3 Å². The summed E-state index contributed by atoms with van der Waals surface area (Å²) in [6.45, 7) is 5.90. The predicted octanol–water partition coefficient (Wildman–Crippen LogP) is 3.52. The Morgan fingerprint density at radius 2 is 1.64 bits per heavy atom. The van der Waals surface area contributed by atoms with Gasteiger partial charge in [0.1, 0.15) is 6.73 Å². The average molecular weight is 380 g/mol. The van der Waals surface area contributed by atoms with Crippen molar-refractivity contribution in [3.05, 3.63) is 92.1 Å². The molecule has 0 aliphatic rings. The van der Waals surface area contributed by atoms with Gasteiger partial charge >= 0.3 is 5.69 Å². The van der Waals surface area contributed by atoms with Crippen molar-refractivity contribution in [2.75, 3.05) is 0 Å². The Morgan fingerprint density at radius 1 is 1.00 bits per heavy atom. The van der Waals surface area contributed by atoms with Crippen molar-refractivity contribution < 1.29 is 9.94 Å². The predicted molar refractivity (Wildman–Crippen MR) is 108 cm³/mol. The molecular formula is C22H24N2O4. The SMILES string of the molecule is Cc1ccc(-c2c(C(C)C)c(=O)n(O)c(=O)n2COCc2ccccc2)cc1. The second kappa shape index (κ2) is 8.27. The fraction of sp³-hybridized carbons (Fsp3) is 0.273. The Labute approximate surface area is 163 Å². The van der Waals surface area contributed by atoms with Crippen molar-refractivity contribution in [3.8, 4) is 11.3 Å². The zero-order chi connectivity index (χ0) is 20.3. The summed E-state index contributed by atoms with van der Waals surface area (Å²) < 4.78 is 7.21. The van der Waals surface area contributed by atoms with Crippen LogP contribution in [-0.2, 0) is 18.1 Å². The van der Waals surface area contributed by atoms with Crippen LogP contribution in [0, 0.1) is 6.92 Å². The first-order chi connectivity index (χ1) is 13.4. The largest absolute Gasteiger partial charge is 0.421 e. The summed E-state index contributed by atoms with van der Waals surface area (Å²) in [5.41, 5.74) is 2.09. The quantitative estimate of drug-likeness (QED) is 0.664. The molecule has 1 N–H and O–H groups in total. The van der Waals surface area contributed by atoms with Gasteiger partial charge in [0, 0.05) is 5.56 Å². The van der Waals surface area contributed by atoms with Crippen molar-refractivity contribution in [2.24, 2.45) is 0 Å². The molecule has 0 aliphatic carbocycles. The fourth-order valence-corrected chi connectivity index (χ4v) is 3.15. The second-order valence-electron chi connectivity index (χ2n) is 7.07. The summed E-state index contributed by atoms with van der Waals surface area (Å²) in [4.78, 5) is 25.3. The van der Waals surface area contributed by atoms with Gasteiger partial charge in [-0.2, -0.15) is 0 Å². The molecule has 0 saturated heterocycles. The maximum atomic E-state index is 12.7. The van der Waals surface area contributed by atoms with E-state index in [2.05, 4.69) is 0 Å². The molecule has 2 aromatic carbocycles. The molecule has 3 rings (SSSR count). The number of aryl methyl sites for hydroxylation is 1. The van der Waals surface area contributed by atoms with E-state index >= 15 is 0 Å². The molecule has 1 aromatic heterocycles. The number of nitrogens with zero attached hydrogens (tertiary/aromatic N) is 2. The summed E-state index contributed by atoms with van der Waals surface area (Å²) in [6.07, 6.45) is 0. The molecule has 28 heavy (non-hydrogen) atoms. The van der Waals surface area contributed by atoms with E-state index in [0.29, 0.717) is 17.9 Å². The van der Waals surface area contributed by atoms with Gasteiger partial charge in [0.05, 0.1) is 12.3 Å². The zero-order valence-corrected chi connectivity index (χ0v) is 16.3. The monoisotopic (exact) mass is 380 g/mol. The summed E-state index contributed by atoms with van der Waals surface area (Å²) in [5.74, 6) is -0.192. The molecule has 146 valence electrons. The molecule has 0 amide bonds. The number of hydrogen-bond donors (Lipinski definition) is 1. The van der Waals surface area contributed by atoms with Gasteiger partial charge in [-0.15, -0.1) is 0 Å². The van der Waals surface area contributed by atoms with Crippen LogP contribution in [0.2, 0.25) is 0 Å². The minimum atomic E-state index is -0.821. The summed E-state index contributed by atoms with van der Waals surface area (Å²) in [5, 5.41) is 10.1. The van der Waals surface area contributed by atoms with Gasteiger partial charge in [0.25, 0.3) is 5.56 Å². The van der Waals surface area contributed by atoms with Crippen LogP contribution in [0.5, 0.6) is 0 Å². The van der Waals surface area contributed by atoms with Gasteiger partial charge in [-0.05, 0) is 24.0 Å². The van der Waals surface area contributed by atoms with Crippen molar-refractivity contribution in [1.82, 2.24) is 9.30 Å². The minimum absolute atomic E-state index is 0.0858. The summed E-state index contributed by atoms with van der Waals surface area (Å²) in [6, 6.07) is 17.2. The molecule has 3 aromatic rings. The molecule has 0 spiro atoms. The highest BCUT2D eigenvalue weighted by Crippen LogP contribution is 2.26. The number of hydrogen-bond acceptors (Lipinski definition) is 4. The Balaban J connectivity index is 2.10. The smallest absolute Gasteiger partial charge is 0.366 e. The highest BCUT2D eigenvalue weighted by molar-refractivity contribution is 5.64. The number of rotatable bonds is 6. The number of ether oxygens (including phenoxy) is 1. The van der Waals surface area contributed by atoms with Gasteiger partial charge in [0.2, 0.25) is 0 Å². The van der Waals surface area contributed by atoms with Gasteiger partial charge < -0.3 is 9.94 Å². The highest BCUT2D eigenvalue weighted by atomic mass is 16.5. The van der Waals surface area contributed by atoms with E-state index in [9.17, 15) is 14.8 Å². The average Bonchev–Trinajstić information content (AvgIpc) is 2.69. The van der Waals surface area contributed by atoms with Gasteiger partial charge in [-0.25, -0.2) is 4.79 Å². The van der Waals surface area contributed by atoms with Gasteiger partial charge in [-0.1, -0.05) is 78.7 Å². The molecule has 0 atom stereocenters. The van der Waals surface area contributed by atoms with Gasteiger partial charge in [-0.3, -0.25) is 9.36 Å². The third-order valence-electron chi connectivity index (χ3n) is 4.59. The van der Waals surface area contributed by atoms with Crippen LogP contribution < -0.4 is 11.2 Å². The van der Waals surface area contributed by atoms with E-state index in [1.54, 1.807) is 0 Å². The Bertz CT molecular complexity index is 1060. The maximum absolute atomic E-state index is 12.7. The first-order valence-corrected chi connectivity index (χ1v) is 9.18. The molecule has 0 bridgehead atoms. The Kier molecular flexibility index (Phi) is 5.80. The number of benzene rings is 2. The van der Waals surface area contributed by atoms with Crippen LogP contribution >= 0.6 is 0 Å². The second-order valence-corrected chi connectivity index (χ2v) is 7.07. The minimum Gasteiger partial charge on any atom is -0.421 e. The van der Waals surface area contributed by atoms with E-state index in [1.807, 2.05) is 75.4 Å². The van der Waals surface area contributed by atoms with E-state index in [-0.39, 0.29) is 17.4 Å². The topological polar surface area (TPSA) is 73.5 Å². The summed E-state index contributed by atoms with van der Waals surface area (Å²) >= 11 is 0. The van der Waals surface area contributed by atoms with Crippen molar-refractivity contribution in [3.63, 3.8) is 0 Å². The van der Waals surface area contributed by atoms with Crippen molar-refractivity contribution in [2.45, 2.75) is 40.0 Å². The third-order valence-corrected chi connectivity index (χ3v) is 4.59. The van der Waals surface area contributed by atoms with Crippen LogP contribution in [-0.4, -0.2) is 14.5 Å². The lowest BCUT2D eigenvalue weighted by atomic mass is 9.97. The molecular weight excluding hydrogens is 356 g/mol. The molecule has 6 nitrogen and oxygen atoms in total. The molecule has 0 unspecified atom stereocenters. The summed E-state index contributed by atoms with van der Waals surface area (Å²) in [7, 11) is 0. The third kappa shape index (κ3) is 3.92. The highest BCUT2D eigenvalue weighted by Gasteiger charge is 2.22. The van der Waals surface area contributed by atoms with Crippen LogP contribution in [0.1, 0.15) is 36.5 Å². The number of aromatic nitrogens is 2. The Hall–Kier alpha value is -3.12. The lowest BCUT2D eigenvalue weighted by Gasteiger charge is -2.19. The molecule has 0 fully saturated rings. The lowest BCUT2D eigenvalue weighted by molar-refractivity contribution is 0.0531. The van der Waals surface area contributed by atoms with E-state index in [4.69, 9.17) is 4.74 Å². The van der Waals surface area contributed by atoms with E-state index in [1.165, 1.54) is 4.57 Å². The normalized spacial score (nSPS) is 11.1. The van der Waals surface area contributed by atoms with Crippen LogP contribution in [0.15, 0.2) is 64.2 Å². The van der Waals surface area contributed by atoms with Crippen molar-refractivity contribution >= 4 is 0 Å².